The van der Waals surface area contributed by atoms with Gasteiger partial charge in [-0.05, 0) is 61.8 Å². The fourth-order valence-electron chi connectivity index (χ4n) is 4.20. The zero-order valence-electron chi connectivity index (χ0n) is 14.8. The van der Waals surface area contributed by atoms with E-state index in [9.17, 15) is 19.8 Å². The predicted molar refractivity (Wildman–Crippen MR) is 93.8 cm³/mol. The van der Waals surface area contributed by atoms with Gasteiger partial charge in [-0.3, -0.25) is 0 Å². The van der Waals surface area contributed by atoms with Gasteiger partial charge in [-0.2, -0.15) is 0 Å². The second-order valence-corrected chi connectivity index (χ2v) is 6.80. The second-order valence-electron chi connectivity index (χ2n) is 6.80. The van der Waals surface area contributed by atoms with Gasteiger partial charge in [0, 0.05) is 17.3 Å². The summed E-state index contributed by atoms with van der Waals surface area (Å²) in [5.74, 6) is -1.93. The van der Waals surface area contributed by atoms with Crippen molar-refractivity contribution in [3.63, 3.8) is 0 Å². The first kappa shape index (κ1) is 17.3. The summed E-state index contributed by atoms with van der Waals surface area (Å²) in [7, 11) is 0. The smallest absolute Gasteiger partial charge is 0.352 e. The molecular formula is C19H24N2O4. The maximum atomic E-state index is 11.5. The molecule has 134 valence electrons. The minimum atomic E-state index is -0.957. The Balaban J connectivity index is 2.19. The standard InChI is InChI=1S/C19H24N2O4/c1-4-11-9(2)14(18(22)23)20-16(11)13-8-6-5-7-12-10(3)15(19(24)25)21-17(12)13/h13,20-21H,4-8H2,1-3H3,(H,22,23)(H,24,25). The minimum Gasteiger partial charge on any atom is -0.477 e. The molecule has 1 aliphatic rings. The number of hydrogen-bond donors (Lipinski definition) is 4. The summed E-state index contributed by atoms with van der Waals surface area (Å²) < 4.78 is 0. The molecule has 3 rings (SSSR count). The molecule has 1 aliphatic carbocycles. The van der Waals surface area contributed by atoms with Crippen molar-refractivity contribution < 1.29 is 19.8 Å². The largest absolute Gasteiger partial charge is 0.477 e. The molecule has 0 radical (unpaired) electrons. The maximum absolute atomic E-state index is 11.5. The van der Waals surface area contributed by atoms with E-state index in [4.69, 9.17) is 0 Å². The van der Waals surface area contributed by atoms with Crippen molar-refractivity contribution in [2.45, 2.75) is 58.8 Å². The van der Waals surface area contributed by atoms with Crippen molar-refractivity contribution in [3.05, 3.63) is 45.0 Å². The number of carboxylic acids is 2. The average molecular weight is 344 g/mol. The van der Waals surface area contributed by atoms with E-state index in [0.717, 1.165) is 65.7 Å². The lowest BCUT2D eigenvalue weighted by Gasteiger charge is -2.16. The number of carbonyl (C=O) groups is 2. The number of nitrogens with one attached hydrogen (secondary N) is 2. The lowest BCUT2D eigenvalue weighted by Crippen LogP contribution is -2.07. The molecule has 1 atom stereocenters. The monoisotopic (exact) mass is 344 g/mol. The van der Waals surface area contributed by atoms with Crippen LogP contribution < -0.4 is 0 Å². The van der Waals surface area contributed by atoms with Crippen LogP contribution >= 0.6 is 0 Å². The van der Waals surface area contributed by atoms with Gasteiger partial charge < -0.3 is 20.2 Å². The van der Waals surface area contributed by atoms with Gasteiger partial charge in [-0.25, -0.2) is 9.59 Å². The third-order valence-corrected chi connectivity index (χ3v) is 5.47. The van der Waals surface area contributed by atoms with E-state index >= 15 is 0 Å². The third kappa shape index (κ3) is 2.75. The molecule has 0 amide bonds. The Morgan fingerprint density at radius 2 is 1.60 bits per heavy atom. The van der Waals surface area contributed by atoms with Crippen molar-refractivity contribution in [1.29, 1.82) is 0 Å². The van der Waals surface area contributed by atoms with Gasteiger partial charge in [-0.1, -0.05) is 13.3 Å². The van der Waals surface area contributed by atoms with E-state index < -0.39 is 11.9 Å². The fourth-order valence-corrected chi connectivity index (χ4v) is 4.20. The molecule has 1 unspecified atom stereocenters. The number of fused-ring (bicyclic) bond motifs is 1. The summed E-state index contributed by atoms with van der Waals surface area (Å²) in [6.45, 7) is 5.71. The molecule has 2 heterocycles. The van der Waals surface area contributed by atoms with Crippen molar-refractivity contribution in [2.75, 3.05) is 0 Å². The predicted octanol–water partition coefficient (Wildman–Crippen LogP) is 3.78. The highest BCUT2D eigenvalue weighted by atomic mass is 16.4. The molecule has 0 fully saturated rings. The molecule has 0 aromatic carbocycles. The van der Waals surface area contributed by atoms with Gasteiger partial charge in [0.1, 0.15) is 11.4 Å². The molecule has 4 N–H and O–H groups in total. The molecule has 2 aromatic rings. The Kier molecular flexibility index (Phi) is 4.45. The fraction of sp³-hybridized carbons (Fsp3) is 0.474. The first-order valence-electron chi connectivity index (χ1n) is 8.76. The Hall–Kier alpha value is -2.50. The number of aromatic carboxylic acids is 2. The summed E-state index contributed by atoms with van der Waals surface area (Å²) in [6.07, 6.45) is 4.50. The number of aromatic nitrogens is 2. The van der Waals surface area contributed by atoms with Gasteiger partial charge in [-0.15, -0.1) is 0 Å². The molecule has 6 nitrogen and oxygen atoms in total. The van der Waals surface area contributed by atoms with Gasteiger partial charge in [0.25, 0.3) is 0 Å². The van der Waals surface area contributed by atoms with Gasteiger partial charge in [0.05, 0.1) is 0 Å². The van der Waals surface area contributed by atoms with E-state index in [0.29, 0.717) is 0 Å². The molecule has 6 heteroatoms. The van der Waals surface area contributed by atoms with Crippen LogP contribution in [-0.2, 0) is 12.8 Å². The number of aromatic amines is 2. The van der Waals surface area contributed by atoms with Gasteiger partial charge in [0.2, 0.25) is 0 Å². The molecule has 0 bridgehead atoms. The zero-order chi connectivity index (χ0) is 18.3. The van der Waals surface area contributed by atoms with Gasteiger partial charge in [0.15, 0.2) is 0 Å². The summed E-state index contributed by atoms with van der Waals surface area (Å²) in [5, 5.41) is 18.9. The Labute approximate surface area is 146 Å². The summed E-state index contributed by atoms with van der Waals surface area (Å²) in [5.41, 5.74) is 6.01. The zero-order valence-corrected chi connectivity index (χ0v) is 14.8. The van der Waals surface area contributed by atoms with Crippen molar-refractivity contribution in [1.82, 2.24) is 9.97 Å². The van der Waals surface area contributed by atoms with Crippen LogP contribution in [0.1, 0.15) is 86.7 Å². The molecule has 25 heavy (non-hydrogen) atoms. The Morgan fingerprint density at radius 1 is 1.00 bits per heavy atom. The van der Waals surface area contributed by atoms with Crippen LogP contribution in [0.2, 0.25) is 0 Å². The Morgan fingerprint density at radius 3 is 2.20 bits per heavy atom. The summed E-state index contributed by atoms with van der Waals surface area (Å²) >= 11 is 0. The van der Waals surface area contributed by atoms with Crippen LogP contribution in [0.4, 0.5) is 0 Å². The number of carboxylic acid groups (broad SMARTS) is 2. The maximum Gasteiger partial charge on any atom is 0.352 e. The average Bonchev–Trinajstić information content (AvgIpc) is 2.97. The van der Waals surface area contributed by atoms with E-state index in [1.807, 2.05) is 20.8 Å². The second kappa shape index (κ2) is 6.43. The highest BCUT2D eigenvalue weighted by Crippen LogP contribution is 2.39. The van der Waals surface area contributed by atoms with E-state index in [-0.39, 0.29) is 17.3 Å². The molecule has 0 saturated heterocycles. The van der Waals surface area contributed by atoms with Crippen LogP contribution in [-0.4, -0.2) is 32.1 Å². The minimum absolute atomic E-state index is 0.0222. The number of rotatable bonds is 4. The van der Waals surface area contributed by atoms with Crippen LogP contribution in [0.3, 0.4) is 0 Å². The van der Waals surface area contributed by atoms with Crippen LogP contribution in [0, 0.1) is 13.8 Å². The van der Waals surface area contributed by atoms with Crippen molar-refractivity contribution in [2.24, 2.45) is 0 Å². The molecule has 0 aliphatic heterocycles. The SMILES string of the molecule is CCc1c(C2CCCCc3c2[nH]c(C(=O)O)c3C)[nH]c(C(=O)O)c1C. The van der Waals surface area contributed by atoms with E-state index in [1.165, 1.54) is 0 Å². The molecular weight excluding hydrogens is 320 g/mol. The first-order valence-corrected chi connectivity index (χ1v) is 8.76. The Bertz CT molecular complexity index is 844. The lowest BCUT2D eigenvalue weighted by atomic mass is 9.91. The molecule has 2 aromatic heterocycles. The number of hydrogen-bond acceptors (Lipinski definition) is 2. The normalized spacial score (nSPS) is 17.2. The number of H-pyrrole nitrogens is 2. The topological polar surface area (TPSA) is 106 Å². The van der Waals surface area contributed by atoms with Crippen molar-refractivity contribution in [3.8, 4) is 0 Å². The highest BCUT2D eigenvalue weighted by molar-refractivity contribution is 5.89. The summed E-state index contributed by atoms with van der Waals surface area (Å²) in [6, 6.07) is 0. The van der Waals surface area contributed by atoms with Gasteiger partial charge >= 0.3 is 11.9 Å². The lowest BCUT2D eigenvalue weighted by molar-refractivity contribution is 0.0679. The quantitative estimate of drug-likeness (QED) is 0.633. The third-order valence-electron chi connectivity index (χ3n) is 5.47. The van der Waals surface area contributed by atoms with Crippen LogP contribution in [0.15, 0.2) is 0 Å². The van der Waals surface area contributed by atoms with E-state index in [2.05, 4.69) is 9.97 Å². The highest BCUT2D eigenvalue weighted by Gasteiger charge is 2.31. The molecule has 0 saturated carbocycles. The van der Waals surface area contributed by atoms with Crippen LogP contribution in [0.5, 0.6) is 0 Å². The molecule has 0 spiro atoms. The summed E-state index contributed by atoms with van der Waals surface area (Å²) in [4.78, 5) is 29.3. The van der Waals surface area contributed by atoms with E-state index in [1.54, 1.807) is 0 Å². The first-order chi connectivity index (χ1) is 11.9. The van der Waals surface area contributed by atoms with Crippen molar-refractivity contribution >= 4 is 11.9 Å². The van der Waals surface area contributed by atoms with Crippen LogP contribution in [0.25, 0.3) is 0 Å².